The van der Waals surface area contributed by atoms with E-state index in [1.54, 1.807) is 4.57 Å². The van der Waals surface area contributed by atoms with E-state index in [2.05, 4.69) is 21.6 Å². The molecular weight excluding hydrogens is 300 g/mol. The summed E-state index contributed by atoms with van der Waals surface area (Å²) in [6.07, 6.45) is 1.04. The molecule has 1 atom stereocenters. The number of nitrogens with zero attached hydrogens (tertiary/aromatic N) is 2. The van der Waals surface area contributed by atoms with Gasteiger partial charge >= 0.3 is 0 Å². The third-order valence-electron chi connectivity index (χ3n) is 3.88. The third-order valence-corrected chi connectivity index (χ3v) is 4.24. The van der Waals surface area contributed by atoms with Crippen molar-refractivity contribution in [2.75, 3.05) is 6.61 Å². The number of hydrogen-bond donors (Lipinski definition) is 2. The van der Waals surface area contributed by atoms with Crippen LogP contribution in [0.4, 0.5) is 0 Å². The smallest absolute Gasteiger partial charge is 0.223 e. The van der Waals surface area contributed by atoms with Crippen LogP contribution in [0.15, 0.2) is 24.3 Å². The number of rotatable bonds is 4. The number of ether oxygens (including phenoxy) is 1. The molecule has 1 aromatic carbocycles. The van der Waals surface area contributed by atoms with Gasteiger partial charge in [0.1, 0.15) is 0 Å². The lowest BCUT2D eigenvalue weighted by Gasteiger charge is -2.25. The molecule has 7 heteroatoms. The molecule has 0 fully saturated rings. The second-order valence-corrected chi connectivity index (χ2v) is 5.68. The van der Waals surface area contributed by atoms with Crippen molar-refractivity contribution in [1.29, 1.82) is 0 Å². The largest absolute Gasteiger partial charge is 0.373 e. The molecule has 3 rings (SSSR count). The summed E-state index contributed by atoms with van der Waals surface area (Å²) in [6, 6.07) is 8.12. The van der Waals surface area contributed by atoms with Crippen LogP contribution in [0, 0.1) is 4.77 Å². The van der Waals surface area contributed by atoms with Gasteiger partial charge in [0.2, 0.25) is 5.91 Å². The summed E-state index contributed by atoms with van der Waals surface area (Å²) in [5.74, 6) is 0.638. The Morgan fingerprint density at radius 1 is 1.55 bits per heavy atom. The Kier molecular flexibility index (Phi) is 4.35. The van der Waals surface area contributed by atoms with Crippen LogP contribution >= 0.6 is 12.2 Å². The first-order valence-electron chi connectivity index (χ1n) is 7.21. The molecule has 6 nitrogen and oxygen atoms in total. The standard InChI is InChI=1S/C15H18N4O2S/c1-19-13(17-18-15(19)22)9-16-14(20)8-12-11-5-3-2-4-10(11)6-7-21-12/h2-5,12H,6-9H2,1H3,(H,16,20)(H,18,22)/t12-/m1/s1. The van der Waals surface area contributed by atoms with Crippen molar-refractivity contribution in [3.05, 3.63) is 46.0 Å². The highest BCUT2D eigenvalue weighted by Crippen LogP contribution is 2.29. The molecule has 1 aromatic heterocycles. The molecule has 1 aliphatic rings. The summed E-state index contributed by atoms with van der Waals surface area (Å²) in [4.78, 5) is 12.1. The van der Waals surface area contributed by atoms with E-state index in [1.807, 2.05) is 25.2 Å². The van der Waals surface area contributed by atoms with Crippen LogP contribution in [0.5, 0.6) is 0 Å². The first-order valence-corrected chi connectivity index (χ1v) is 7.62. The number of nitrogens with one attached hydrogen (secondary N) is 2. The van der Waals surface area contributed by atoms with Crippen LogP contribution < -0.4 is 5.32 Å². The van der Waals surface area contributed by atoms with Gasteiger partial charge in [0.05, 0.1) is 25.7 Å². The number of benzene rings is 1. The minimum absolute atomic E-state index is 0.0596. The summed E-state index contributed by atoms with van der Waals surface area (Å²) in [7, 11) is 1.81. The molecule has 0 unspecified atom stereocenters. The summed E-state index contributed by atoms with van der Waals surface area (Å²) in [6.45, 7) is 0.999. The van der Waals surface area contributed by atoms with E-state index in [-0.39, 0.29) is 12.0 Å². The van der Waals surface area contributed by atoms with Crippen molar-refractivity contribution >= 4 is 18.1 Å². The second kappa shape index (κ2) is 6.41. The van der Waals surface area contributed by atoms with Crippen molar-refractivity contribution in [2.45, 2.75) is 25.5 Å². The van der Waals surface area contributed by atoms with Gasteiger partial charge in [-0.25, -0.2) is 0 Å². The van der Waals surface area contributed by atoms with Gasteiger partial charge in [-0.1, -0.05) is 24.3 Å². The summed E-state index contributed by atoms with van der Waals surface area (Å²) in [5, 5.41) is 9.63. The number of hydrogen-bond acceptors (Lipinski definition) is 4. The molecule has 2 N–H and O–H groups in total. The van der Waals surface area contributed by atoms with Gasteiger partial charge < -0.3 is 14.6 Å². The molecule has 0 aliphatic carbocycles. The molecule has 22 heavy (non-hydrogen) atoms. The predicted molar refractivity (Wildman–Crippen MR) is 83.7 cm³/mol. The van der Waals surface area contributed by atoms with E-state index >= 15 is 0 Å². The van der Waals surface area contributed by atoms with Crippen molar-refractivity contribution < 1.29 is 9.53 Å². The highest BCUT2D eigenvalue weighted by Gasteiger charge is 2.23. The molecule has 2 aromatic rings. The normalized spacial score (nSPS) is 17.0. The van der Waals surface area contributed by atoms with Gasteiger partial charge in [-0.05, 0) is 29.8 Å². The highest BCUT2D eigenvalue weighted by molar-refractivity contribution is 7.71. The Labute approximate surface area is 133 Å². The van der Waals surface area contributed by atoms with Crippen molar-refractivity contribution in [2.24, 2.45) is 7.05 Å². The molecule has 1 amide bonds. The predicted octanol–water partition coefficient (Wildman–Crippen LogP) is 1.80. The number of H-pyrrole nitrogens is 1. The lowest BCUT2D eigenvalue weighted by molar-refractivity contribution is -0.124. The number of aromatic amines is 1. The molecule has 0 spiro atoms. The molecule has 0 saturated heterocycles. The second-order valence-electron chi connectivity index (χ2n) is 5.29. The van der Waals surface area contributed by atoms with Gasteiger partial charge in [0, 0.05) is 7.05 Å². The van der Waals surface area contributed by atoms with Crippen LogP contribution in [0.2, 0.25) is 0 Å². The van der Waals surface area contributed by atoms with Crippen LogP contribution in [0.1, 0.15) is 29.5 Å². The van der Waals surface area contributed by atoms with E-state index in [0.717, 1.165) is 12.0 Å². The average Bonchev–Trinajstić information content (AvgIpc) is 2.85. The third kappa shape index (κ3) is 3.10. The Morgan fingerprint density at radius 3 is 3.14 bits per heavy atom. The van der Waals surface area contributed by atoms with Crippen LogP contribution in [-0.2, 0) is 29.5 Å². The number of carbonyl (C=O) groups is 1. The fraction of sp³-hybridized carbons (Fsp3) is 0.400. The lowest BCUT2D eigenvalue weighted by atomic mass is 9.96. The summed E-state index contributed by atoms with van der Waals surface area (Å²) in [5.41, 5.74) is 2.38. The fourth-order valence-corrected chi connectivity index (χ4v) is 2.75. The number of amides is 1. The fourth-order valence-electron chi connectivity index (χ4n) is 2.60. The zero-order chi connectivity index (χ0) is 15.5. The maximum Gasteiger partial charge on any atom is 0.223 e. The maximum absolute atomic E-state index is 12.1. The molecule has 116 valence electrons. The highest BCUT2D eigenvalue weighted by atomic mass is 32.1. The van der Waals surface area contributed by atoms with Crippen molar-refractivity contribution in [1.82, 2.24) is 20.1 Å². The van der Waals surface area contributed by atoms with Crippen LogP contribution in [0.3, 0.4) is 0 Å². The van der Waals surface area contributed by atoms with E-state index in [1.165, 1.54) is 5.56 Å². The Balaban J connectivity index is 1.61. The van der Waals surface area contributed by atoms with E-state index in [9.17, 15) is 4.79 Å². The first kappa shape index (κ1) is 14.9. The number of carbonyl (C=O) groups excluding carboxylic acids is 1. The van der Waals surface area contributed by atoms with Gasteiger partial charge in [0.25, 0.3) is 0 Å². The molecule has 0 radical (unpaired) electrons. The maximum atomic E-state index is 12.1. The van der Waals surface area contributed by atoms with Crippen LogP contribution in [-0.4, -0.2) is 27.3 Å². The van der Waals surface area contributed by atoms with Gasteiger partial charge in [-0.15, -0.1) is 0 Å². The Hall–Kier alpha value is -1.99. The quantitative estimate of drug-likeness (QED) is 0.843. The first-order chi connectivity index (χ1) is 10.6. The van der Waals surface area contributed by atoms with E-state index in [0.29, 0.717) is 30.2 Å². The SMILES string of the molecule is Cn1c(CNC(=O)C[C@H]2OCCc3ccccc32)n[nH]c1=S. The van der Waals surface area contributed by atoms with Crippen LogP contribution in [0.25, 0.3) is 0 Å². The summed E-state index contributed by atoms with van der Waals surface area (Å²) < 4.78 is 8.02. The van der Waals surface area contributed by atoms with Gasteiger partial charge in [0.15, 0.2) is 10.6 Å². The van der Waals surface area contributed by atoms with Gasteiger partial charge in [-0.3, -0.25) is 9.89 Å². The Morgan fingerprint density at radius 2 is 2.36 bits per heavy atom. The molecule has 0 bridgehead atoms. The van der Waals surface area contributed by atoms with E-state index < -0.39 is 0 Å². The molecule has 0 saturated carbocycles. The molecular formula is C15H18N4O2S. The minimum atomic E-state index is -0.174. The van der Waals surface area contributed by atoms with E-state index in [4.69, 9.17) is 17.0 Å². The summed E-state index contributed by atoms with van der Waals surface area (Å²) >= 11 is 5.04. The monoisotopic (exact) mass is 318 g/mol. The Bertz CT molecular complexity index is 737. The zero-order valence-electron chi connectivity index (χ0n) is 12.3. The van der Waals surface area contributed by atoms with Crippen molar-refractivity contribution in [3.8, 4) is 0 Å². The molecule has 1 aliphatic heterocycles. The average molecular weight is 318 g/mol. The van der Waals surface area contributed by atoms with Crippen molar-refractivity contribution in [3.63, 3.8) is 0 Å². The number of aromatic nitrogens is 3. The zero-order valence-corrected chi connectivity index (χ0v) is 13.2. The topological polar surface area (TPSA) is 71.9 Å². The molecule has 2 heterocycles. The number of fused-ring (bicyclic) bond motifs is 1. The van der Waals surface area contributed by atoms with Gasteiger partial charge in [-0.2, -0.15) is 5.10 Å². The lowest BCUT2D eigenvalue weighted by Crippen LogP contribution is -2.28. The minimum Gasteiger partial charge on any atom is -0.373 e.